The lowest BCUT2D eigenvalue weighted by Gasteiger charge is -2.18. The largest absolute Gasteiger partial charge is 0.505 e. The summed E-state index contributed by atoms with van der Waals surface area (Å²) in [4.78, 5) is 33.5. The maximum Gasteiger partial charge on any atom is 0.505 e. The molecule has 0 bridgehead atoms. The first-order valence-electron chi connectivity index (χ1n) is 6.32. The van der Waals surface area contributed by atoms with Crippen molar-refractivity contribution in [3.8, 4) is 5.69 Å². The number of Topliss-reactive ketones (excluding diaryl/α,β-unsaturated/α-hetero) is 1. The molecule has 22 heavy (non-hydrogen) atoms. The molecule has 0 radical (unpaired) electrons. The summed E-state index contributed by atoms with van der Waals surface area (Å²) < 4.78 is 0. The highest BCUT2D eigenvalue weighted by molar-refractivity contribution is 5.96. The average Bonchev–Trinajstić information content (AvgIpc) is 2.94. The summed E-state index contributed by atoms with van der Waals surface area (Å²) in [5.74, 6) is -0.489. The third-order valence-electron chi connectivity index (χ3n) is 3.55. The lowest BCUT2D eigenvalue weighted by Crippen LogP contribution is -2.47. The SMILES string of the molecule is O=C1CCC([N+](=O)[O-])([N+](=O)[O-])c2nn(-c3ccccc3)nc21. The molecule has 0 fully saturated rings. The molecule has 0 saturated carbocycles. The number of aromatic nitrogens is 3. The Kier molecular flexibility index (Phi) is 2.94. The Morgan fingerprint density at radius 2 is 1.73 bits per heavy atom. The first-order chi connectivity index (χ1) is 10.5. The monoisotopic (exact) mass is 303 g/mol. The summed E-state index contributed by atoms with van der Waals surface area (Å²) in [6, 6.07) is 8.36. The second-order valence-corrected chi connectivity index (χ2v) is 4.78. The molecule has 1 aromatic heterocycles. The van der Waals surface area contributed by atoms with E-state index in [0.717, 1.165) is 4.80 Å². The summed E-state index contributed by atoms with van der Waals surface area (Å²) in [6.45, 7) is 0. The molecular weight excluding hydrogens is 294 g/mol. The van der Waals surface area contributed by atoms with Crippen LogP contribution in [0.5, 0.6) is 0 Å². The van der Waals surface area contributed by atoms with E-state index in [0.29, 0.717) is 5.69 Å². The Morgan fingerprint density at radius 1 is 1.09 bits per heavy atom. The number of fused-ring (bicyclic) bond motifs is 1. The predicted molar refractivity (Wildman–Crippen MR) is 70.6 cm³/mol. The number of rotatable bonds is 3. The van der Waals surface area contributed by atoms with E-state index in [4.69, 9.17) is 0 Å². The summed E-state index contributed by atoms with van der Waals surface area (Å²) in [5.41, 5.74) is -3.01. The van der Waals surface area contributed by atoms with Crippen LogP contribution in [0.4, 0.5) is 0 Å². The van der Waals surface area contributed by atoms with Crippen molar-refractivity contribution in [3.05, 3.63) is 61.9 Å². The van der Waals surface area contributed by atoms with E-state index in [1.54, 1.807) is 30.3 Å². The van der Waals surface area contributed by atoms with E-state index >= 15 is 0 Å². The van der Waals surface area contributed by atoms with Gasteiger partial charge in [-0.25, -0.2) is 0 Å². The van der Waals surface area contributed by atoms with Crippen LogP contribution >= 0.6 is 0 Å². The third kappa shape index (κ3) is 1.77. The summed E-state index contributed by atoms with van der Waals surface area (Å²) >= 11 is 0. The fourth-order valence-electron chi connectivity index (χ4n) is 2.39. The van der Waals surface area contributed by atoms with Gasteiger partial charge in [0.2, 0.25) is 5.69 Å². The topological polar surface area (TPSA) is 134 Å². The standard InChI is InChI=1S/C12H9N5O5/c18-9-6-7-12(16(19)20,17(21)22)11-10(9)13-15(14-11)8-4-2-1-3-5-8/h1-5H,6-7H2. The van der Waals surface area contributed by atoms with Crippen molar-refractivity contribution in [1.29, 1.82) is 0 Å². The maximum absolute atomic E-state index is 11.9. The van der Waals surface area contributed by atoms with Gasteiger partial charge in [0.1, 0.15) is 16.3 Å². The Morgan fingerprint density at radius 3 is 2.32 bits per heavy atom. The Labute approximate surface area is 122 Å². The maximum atomic E-state index is 11.9. The summed E-state index contributed by atoms with van der Waals surface area (Å²) in [6.07, 6.45) is -0.852. The van der Waals surface area contributed by atoms with E-state index < -0.39 is 33.4 Å². The number of nitro groups is 2. The molecule has 1 aliphatic rings. The van der Waals surface area contributed by atoms with E-state index in [1.807, 2.05) is 0 Å². The normalized spacial score (nSPS) is 16.1. The summed E-state index contributed by atoms with van der Waals surface area (Å²) in [7, 11) is 0. The lowest BCUT2D eigenvalue weighted by atomic mass is 9.90. The van der Waals surface area contributed by atoms with E-state index in [9.17, 15) is 25.0 Å². The predicted octanol–water partition coefficient (Wildman–Crippen LogP) is 0.950. The highest BCUT2D eigenvalue weighted by atomic mass is 16.7. The van der Waals surface area contributed by atoms with Crippen molar-refractivity contribution in [1.82, 2.24) is 15.0 Å². The van der Waals surface area contributed by atoms with Crippen LogP contribution in [0, 0.1) is 20.2 Å². The molecule has 0 aliphatic heterocycles. The van der Waals surface area contributed by atoms with Crippen LogP contribution in [0.15, 0.2) is 30.3 Å². The molecule has 0 amide bonds. The molecule has 0 N–H and O–H groups in total. The van der Waals surface area contributed by atoms with Crippen molar-refractivity contribution in [3.63, 3.8) is 0 Å². The van der Waals surface area contributed by atoms with Gasteiger partial charge in [0.15, 0.2) is 11.5 Å². The van der Waals surface area contributed by atoms with Crippen LogP contribution in [0.2, 0.25) is 0 Å². The molecule has 10 nitrogen and oxygen atoms in total. The highest BCUT2D eigenvalue weighted by Crippen LogP contribution is 2.36. The van der Waals surface area contributed by atoms with Crippen LogP contribution in [0.3, 0.4) is 0 Å². The fourth-order valence-corrected chi connectivity index (χ4v) is 2.39. The lowest BCUT2D eigenvalue weighted by molar-refractivity contribution is -0.812. The molecule has 0 saturated heterocycles. The molecule has 1 aliphatic carbocycles. The quantitative estimate of drug-likeness (QED) is 0.468. The second-order valence-electron chi connectivity index (χ2n) is 4.78. The molecule has 1 heterocycles. The van der Waals surface area contributed by atoms with Gasteiger partial charge < -0.3 is 0 Å². The van der Waals surface area contributed by atoms with Crippen LogP contribution in [-0.4, -0.2) is 30.6 Å². The van der Waals surface area contributed by atoms with Gasteiger partial charge >= 0.3 is 5.66 Å². The Bertz CT molecular complexity index is 770. The first kappa shape index (κ1) is 13.8. The number of carbonyl (C=O) groups excluding carboxylic acids is 1. The Hall–Kier alpha value is -3.17. The fraction of sp³-hybridized carbons (Fsp3) is 0.250. The van der Waals surface area contributed by atoms with Gasteiger partial charge in [0.25, 0.3) is 0 Å². The molecule has 3 rings (SSSR count). The van der Waals surface area contributed by atoms with Crippen molar-refractivity contribution in [2.45, 2.75) is 18.5 Å². The average molecular weight is 303 g/mol. The number of ketones is 1. The van der Waals surface area contributed by atoms with Gasteiger partial charge in [-0.3, -0.25) is 25.0 Å². The molecule has 1 aromatic carbocycles. The number of nitrogens with zero attached hydrogens (tertiary/aromatic N) is 5. The molecule has 0 atom stereocenters. The second kappa shape index (κ2) is 4.69. The zero-order valence-electron chi connectivity index (χ0n) is 11.1. The Balaban J connectivity index is 2.24. The molecular formula is C12H9N5O5. The van der Waals surface area contributed by atoms with E-state index in [1.165, 1.54) is 0 Å². The van der Waals surface area contributed by atoms with Crippen molar-refractivity contribution >= 4 is 5.78 Å². The minimum atomic E-state index is -2.63. The van der Waals surface area contributed by atoms with Crippen molar-refractivity contribution < 1.29 is 14.6 Å². The van der Waals surface area contributed by atoms with Crippen LogP contribution in [0.1, 0.15) is 29.0 Å². The number of hydrogen-bond acceptors (Lipinski definition) is 7. The smallest absolute Gasteiger partial charge is 0.292 e. The number of carbonyl (C=O) groups is 1. The molecule has 10 heteroatoms. The van der Waals surface area contributed by atoms with Gasteiger partial charge in [-0.15, -0.1) is 10.2 Å². The van der Waals surface area contributed by atoms with Crippen LogP contribution < -0.4 is 0 Å². The van der Waals surface area contributed by atoms with Gasteiger partial charge in [0, 0.05) is 6.42 Å². The number of benzene rings is 1. The first-order valence-corrected chi connectivity index (χ1v) is 6.32. The van der Waals surface area contributed by atoms with Gasteiger partial charge in [-0.2, -0.15) is 4.80 Å². The van der Waals surface area contributed by atoms with Crippen molar-refractivity contribution in [2.75, 3.05) is 0 Å². The summed E-state index contributed by atoms with van der Waals surface area (Å²) in [5, 5.41) is 30.4. The zero-order valence-corrected chi connectivity index (χ0v) is 11.1. The highest BCUT2D eigenvalue weighted by Gasteiger charge is 2.65. The molecule has 112 valence electrons. The van der Waals surface area contributed by atoms with E-state index in [-0.39, 0.29) is 12.1 Å². The van der Waals surface area contributed by atoms with Crippen LogP contribution in [-0.2, 0) is 5.66 Å². The number of hydrogen-bond donors (Lipinski definition) is 0. The van der Waals surface area contributed by atoms with E-state index in [2.05, 4.69) is 10.2 Å². The van der Waals surface area contributed by atoms with Gasteiger partial charge in [-0.1, -0.05) is 18.2 Å². The zero-order chi connectivity index (χ0) is 15.9. The van der Waals surface area contributed by atoms with Crippen LogP contribution in [0.25, 0.3) is 5.69 Å². The van der Waals surface area contributed by atoms with Gasteiger partial charge in [-0.05, 0) is 12.1 Å². The van der Waals surface area contributed by atoms with Gasteiger partial charge in [0.05, 0.1) is 5.69 Å². The third-order valence-corrected chi connectivity index (χ3v) is 3.55. The molecule has 2 aromatic rings. The molecule has 0 spiro atoms. The molecule has 0 unspecified atom stereocenters. The minimum absolute atomic E-state index is 0.316. The number of para-hydroxylation sites is 1. The van der Waals surface area contributed by atoms with Crippen molar-refractivity contribution in [2.24, 2.45) is 0 Å². The minimum Gasteiger partial charge on any atom is -0.292 e.